The summed E-state index contributed by atoms with van der Waals surface area (Å²) >= 11 is 0. The van der Waals surface area contributed by atoms with E-state index in [1.54, 1.807) is 0 Å². The third kappa shape index (κ3) is 2.96. The van der Waals surface area contributed by atoms with Crippen molar-refractivity contribution in [3.63, 3.8) is 0 Å². The fourth-order valence-corrected chi connectivity index (χ4v) is 3.96. The van der Waals surface area contributed by atoms with Crippen LogP contribution in [0.3, 0.4) is 0 Å². The van der Waals surface area contributed by atoms with Gasteiger partial charge in [-0.15, -0.1) is 0 Å². The summed E-state index contributed by atoms with van der Waals surface area (Å²) in [5.74, 6) is 1.32. The van der Waals surface area contributed by atoms with Crippen LogP contribution in [0.2, 0.25) is 0 Å². The Labute approximate surface area is 127 Å². The molecule has 1 saturated carbocycles. The van der Waals surface area contributed by atoms with Gasteiger partial charge in [-0.25, -0.2) is 0 Å². The van der Waals surface area contributed by atoms with Gasteiger partial charge in [0.15, 0.2) is 0 Å². The number of benzene rings is 1. The van der Waals surface area contributed by atoms with E-state index in [4.69, 9.17) is 0 Å². The first-order chi connectivity index (χ1) is 10.1. The standard InChI is InChI=1S/C19H25NO/c1-14(2)12-15-6-4-10-19(21,13-15)17-9-3-7-16-8-5-11-20-18(16)17/h3,5,7-9,11,14-15,21H,4,6,10,12-13H2,1-2H3. The van der Waals surface area contributed by atoms with E-state index in [0.29, 0.717) is 11.8 Å². The molecule has 112 valence electrons. The first kappa shape index (κ1) is 14.5. The van der Waals surface area contributed by atoms with Gasteiger partial charge in [0.1, 0.15) is 0 Å². The molecule has 3 rings (SSSR count). The molecule has 2 heteroatoms. The fourth-order valence-electron chi connectivity index (χ4n) is 3.96. The summed E-state index contributed by atoms with van der Waals surface area (Å²) in [5.41, 5.74) is 1.29. The van der Waals surface area contributed by atoms with E-state index in [2.05, 4.69) is 37.0 Å². The van der Waals surface area contributed by atoms with Crippen molar-refractivity contribution in [2.45, 2.75) is 51.6 Å². The Hall–Kier alpha value is -1.41. The second-order valence-electron chi connectivity index (χ2n) is 7.00. The lowest BCUT2D eigenvalue weighted by Gasteiger charge is -2.38. The molecule has 2 atom stereocenters. The van der Waals surface area contributed by atoms with Crippen molar-refractivity contribution in [3.8, 4) is 0 Å². The number of hydrogen-bond acceptors (Lipinski definition) is 2. The molecule has 21 heavy (non-hydrogen) atoms. The lowest BCUT2D eigenvalue weighted by Crippen LogP contribution is -2.33. The Morgan fingerprint density at radius 2 is 2.10 bits per heavy atom. The third-order valence-electron chi connectivity index (χ3n) is 4.77. The minimum Gasteiger partial charge on any atom is -0.385 e. The number of para-hydroxylation sites is 1. The molecule has 0 radical (unpaired) electrons. The van der Waals surface area contributed by atoms with Crippen LogP contribution in [0, 0.1) is 11.8 Å². The van der Waals surface area contributed by atoms with Crippen LogP contribution in [-0.4, -0.2) is 10.1 Å². The van der Waals surface area contributed by atoms with E-state index >= 15 is 0 Å². The molecule has 1 aliphatic rings. The van der Waals surface area contributed by atoms with Gasteiger partial charge in [0, 0.05) is 17.1 Å². The summed E-state index contributed by atoms with van der Waals surface area (Å²) in [4.78, 5) is 4.53. The number of nitrogens with zero attached hydrogens (tertiary/aromatic N) is 1. The normalized spacial score (nSPS) is 26.4. The monoisotopic (exact) mass is 283 g/mol. The number of hydrogen-bond donors (Lipinski definition) is 1. The van der Waals surface area contributed by atoms with E-state index in [1.165, 1.54) is 12.8 Å². The van der Waals surface area contributed by atoms with Gasteiger partial charge < -0.3 is 5.11 Å². The number of aromatic nitrogens is 1. The van der Waals surface area contributed by atoms with E-state index < -0.39 is 5.60 Å². The number of pyridine rings is 1. The molecular formula is C19H25NO. The number of aliphatic hydroxyl groups is 1. The van der Waals surface area contributed by atoms with Crippen LogP contribution < -0.4 is 0 Å². The fraction of sp³-hybridized carbons (Fsp3) is 0.526. The van der Waals surface area contributed by atoms with E-state index in [-0.39, 0.29) is 0 Å². The average Bonchev–Trinajstić information content (AvgIpc) is 2.46. The molecule has 1 fully saturated rings. The molecular weight excluding hydrogens is 258 g/mol. The Morgan fingerprint density at radius 3 is 2.90 bits per heavy atom. The first-order valence-electron chi connectivity index (χ1n) is 8.15. The van der Waals surface area contributed by atoms with E-state index in [9.17, 15) is 5.11 Å². The van der Waals surface area contributed by atoms with Crippen LogP contribution in [0.4, 0.5) is 0 Å². The van der Waals surface area contributed by atoms with Crippen LogP contribution in [-0.2, 0) is 5.60 Å². The zero-order valence-electron chi connectivity index (χ0n) is 13.0. The largest absolute Gasteiger partial charge is 0.385 e. The molecule has 0 bridgehead atoms. The lowest BCUT2D eigenvalue weighted by molar-refractivity contribution is -0.0233. The second-order valence-corrected chi connectivity index (χ2v) is 7.00. The SMILES string of the molecule is CC(C)CC1CCCC(O)(c2cccc3cccnc23)C1. The summed E-state index contributed by atoms with van der Waals surface area (Å²) in [6.45, 7) is 4.54. The highest BCUT2D eigenvalue weighted by atomic mass is 16.3. The predicted octanol–water partition coefficient (Wildman–Crippen LogP) is 4.66. The molecule has 1 aliphatic carbocycles. The van der Waals surface area contributed by atoms with Crippen molar-refractivity contribution in [2.24, 2.45) is 11.8 Å². The van der Waals surface area contributed by atoms with Gasteiger partial charge in [-0.2, -0.15) is 0 Å². The number of rotatable bonds is 3. The zero-order valence-corrected chi connectivity index (χ0v) is 13.0. The highest BCUT2D eigenvalue weighted by Gasteiger charge is 2.37. The minimum absolute atomic E-state index is 0.628. The van der Waals surface area contributed by atoms with E-state index in [1.807, 2.05) is 18.3 Å². The highest BCUT2D eigenvalue weighted by molar-refractivity contribution is 5.82. The molecule has 0 amide bonds. The molecule has 0 aliphatic heterocycles. The summed E-state index contributed by atoms with van der Waals surface area (Å²) < 4.78 is 0. The maximum atomic E-state index is 11.3. The molecule has 2 unspecified atom stereocenters. The smallest absolute Gasteiger partial charge is 0.0920 e. The van der Waals surface area contributed by atoms with Gasteiger partial charge >= 0.3 is 0 Å². The van der Waals surface area contributed by atoms with Crippen LogP contribution in [0.5, 0.6) is 0 Å². The quantitative estimate of drug-likeness (QED) is 0.888. The molecule has 1 N–H and O–H groups in total. The van der Waals surface area contributed by atoms with Crippen molar-refractivity contribution < 1.29 is 5.11 Å². The summed E-state index contributed by atoms with van der Waals surface area (Å²) in [6, 6.07) is 10.2. The van der Waals surface area contributed by atoms with Crippen LogP contribution in [0.1, 0.15) is 51.5 Å². The molecule has 0 spiro atoms. The maximum Gasteiger partial charge on any atom is 0.0920 e. The second kappa shape index (κ2) is 5.76. The molecule has 2 nitrogen and oxygen atoms in total. The molecule has 1 aromatic heterocycles. The summed E-state index contributed by atoms with van der Waals surface area (Å²) in [7, 11) is 0. The van der Waals surface area contributed by atoms with Gasteiger partial charge in [-0.3, -0.25) is 4.98 Å². The van der Waals surface area contributed by atoms with Crippen LogP contribution in [0.15, 0.2) is 36.5 Å². The van der Waals surface area contributed by atoms with Crippen molar-refractivity contribution in [2.75, 3.05) is 0 Å². The Bertz CT molecular complexity index is 616. The van der Waals surface area contributed by atoms with Gasteiger partial charge in [-0.1, -0.05) is 44.5 Å². The van der Waals surface area contributed by atoms with Crippen LogP contribution >= 0.6 is 0 Å². The van der Waals surface area contributed by atoms with Crippen molar-refractivity contribution in [1.29, 1.82) is 0 Å². The van der Waals surface area contributed by atoms with Gasteiger partial charge in [0.25, 0.3) is 0 Å². The first-order valence-corrected chi connectivity index (χ1v) is 8.15. The highest BCUT2D eigenvalue weighted by Crippen LogP contribution is 2.43. The third-order valence-corrected chi connectivity index (χ3v) is 4.77. The van der Waals surface area contributed by atoms with Gasteiger partial charge in [0.05, 0.1) is 11.1 Å². The number of fused-ring (bicyclic) bond motifs is 1. The Kier molecular flexibility index (Phi) is 3.99. The molecule has 0 saturated heterocycles. The lowest BCUT2D eigenvalue weighted by atomic mass is 9.72. The minimum atomic E-state index is -0.703. The topological polar surface area (TPSA) is 33.1 Å². The van der Waals surface area contributed by atoms with Crippen molar-refractivity contribution in [1.82, 2.24) is 4.98 Å². The van der Waals surface area contributed by atoms with Crippen molar-refractivity contribution in [3.05, 3.63) is 42.1 Å². The summed E-state index contributed by atoms with van der Waals surface area (Å²) in [5, 5.41) is 12.4. The average molecular weight is 283 g/mol. The molecule has 1 heterocycles. The predicted molar refractivity (Wildman–Crippen MR) is 87.1 cm³/mol. The van der Waals surface area contributed by atoms with Crippen LogP contribution in [0.25, 0.3) is 10.9 Å². The molecule has 1 aromatic carbocycles. The molecule has 2 aromatic rings. The van der Waals surface area contributed by atoms with Gasteiger partial charge in [-0.05, 0) is 43.6 Å². The Balaban J connectivity index is 1.96. The Morgan fingerprint density at radius 1 is 1.29 bits per heavy atom. The maximum absolute atomic E-state index is 11.3. The van der Waals surface area contributed by atoms with Crippen molar-refractivity contribution >= 4 is 10.9 Å². The zero-order chi connectivity index (χ0) is 14.9. The van der Waals surface area contributed by atoms with Gasteiger partial charge in [0.2, 0.25) is 0 Å². The van der Waals surface area contributed by atoms with E-state index in [0.717, 1.165) is 35.7 Å². The summed E-state index contributed by atoms with van der Waals surface area (Å²) in [6.07, 6.45) is 7.12.